The van der Waals surface area contributed by atoms with Crippen molar-refractivity contribution in [3.63, 3.8) is 0 Å². The first-order chi connectivity index (χ1) is 8.34. The van der Waals surface area contributed by atoms with Crippen molar-refractivity contribution in [2.24, 2.45) is 0 Å². The molecule has 1 aromatic rings. The molecule has 1 atom stereocenters. The van der Waals surface area contributed by atoms with E-state index in [0.717, 1.165) is 12.0 Å². The molecule has 18 heavy (non-hydrogen) atoms. The molecule has 1 N–H and O–H groups in total. The Morgan fingerprint density at radius 3 is 2.56 bits per heavy atom. The summed E-state index contributed by atoms with van der Waals surface area (Å²) >= 11 is 0. The second-order valence-corrected chi connectivity index (χ2v) is 5.05. The molecule has 4 heteroatoms. The number of nitrogens with one attached hydrogen (secondary N) is 1. The number of ether oxygens (including phenoxy) is 1. The number of alkyl halides is 2. The van der Waals surface area contributed by atoms with E-state index in [0.29, 0.717) is 0 Å². The molecule has 0 aliphatic rings. The van der Waals surface area contributed by atoms with E-state index in [-0.39, 0.29) is 17.3 Å². The van der Waals surface area contributed by atoms with Crippen LogP contribution in [0.1, 0.15) is 45.7 Å². The summed E-state index contributed by atoms with van der Waals surface area (Å²) in [5, 5.41) is 3.46. The van der Waals surface area contributed by atoms with Crippen LogP contribution in [0.25, 0.3) is 0 Å². The third-order valence-electron chi connectivity index (χ3n) is 3.07. The monoisotopic (exact) mass is 257 g/mol. The zero-order chi connectivity index (χ0) is 13.8. The minimum absolute atomic E-state index is 0.0129. The lowest BCUT2D eigenvalue weighted by molar-refractivity contribution is -0.0499. The predicted octanol–water partition coefficient (Wildman–Crippen LogP) is 4.13. The van der Waals surface area contributed by atoms with Gasteiger partial charge in [-0.15, -0.1) is 0 Å². The molecule has 0 amide bonds. The number of hydrogen-bond acceptors (Lipinski definition) is 2. The molecule has 0 bridgehead atoms. The minimum atomic E-state index is -2.78. The Labute approximate surface area is 107 Å². The maximum atomic E-state index is 12.1. The van der Waals surface area contributed by atoms with Crippen LogP contribution in [0.15, 0.2) is 24.3 Å². The lowest BCUT2D eigenvalue weighted by atomic mass is 9.98. The molecule has 1 aromatic carbocycles. The van der Waals surface area contributed by atoms with Crippen molar-refractivity contribution in [2.75, 3.05) is 0 Å². The molecule has 0 heterocycles. The van der Waals surface area contributed by atoms with Gasteiger partial charge in [0.25, 0.3) is 0 Å². The first-order valence-electron chi connectivity index (χ1n) is 6.16. The van der Waals surface area contributed by atoms with Gasteiger partial charge in [0.05, 0.1) is 0 Å². The molecule has 2 nitrogen and oxygen atoms in total. The van der Waals surface area contributed by atoms with Gasteiger partial charge in [-0.3, -0.25) is 0 Å². The Morgan fingerprint density at radius 1 is 1.33 bits per heavy atom. The van der Waals surface area contributed by atoms with Gasteiger partial charge in [-0.2, -0.15) is 8.78 Å². The molecule has 0 saturated heterocycles. The Bertz CT molecular complexity index is 380. The molecule has 0 aliphatic carbocycles. The molecular weight excluding hydrogens is 236 g/mol. The lowest BCUT2D eigenvalue weighted by Gasteiger charge is -2.29. The minimum Gasteiger partial charge on any atom is -0.435 e. The smallest absolute Gasteiger partial charge is 0.387 e. The third-order valence-corrected chi connectivity index (χ3v) is 3.07. The highest BCUT2D eigenvalue weighted by molar-refractivity contribution is 5.30. The second-order valence-electron chi connectivity index (χ2n) is 5.05. The molecule has 1 unspecified atom stereocenters. The van der Waals surface area contributed by atoms with E-state index in [1.54, 1.807) is 12.1 Å². The molecule has 0 radical (unpaired) electrons. The molecule has 0 aromatic heterocycles. The molecule has 0 saturated carbocycles. The number of benzene rings is 1. The Balaban J connectivity index is 2.76. The summed E-state index contributed by atoms with van der Waals surface area (Å²) in [4.78, 5) is 0. The summed E-state index contributed by atoms with van der Waals surface area (Å²) in [7, 11) is 0. The van der Waals surface area contributed by atoms with Crippen LogP contribution in [0.4, 0.5) is 8.78 Å². The van der Waals surface area contributed by atoms with E-state index in [9.17, 15) is 8.78 Å². The average molecular weight is 257 g/mol. The van der Waals surface area contributed by atoms with Crippen LogP contribution < -0.4 is 10.1 Å². The zero-order valence-electron chi connectivity index (χ0n) is 11.3. The van der Waals surface area contributed by atoms with Gasteiger partial charge in [-0.05, 0) is 44.9 Å². The van der Waals surface area contributed by atoms with Crippen molar-refractivity contribution < 1.29 is 13.5 Å². The van der Waals surface area contributed by atoms with E-state index in [1.165, 1.54) is 6.07 Å². The first-order valence-corrected chi connectivity index (χ1v) is 6.16. The standard InChI is InChI=1S/C14H21F2NO/c1-5-14(3,4)17-10(2)11-7-6-8-12(9-11)18-13(15)16/h6-10,13,17H,5H2,1-4H3. The van der Waals surface area contributed by atoms with Crippen LogP contribution in [-0.4, -0.2) is 12.2 Å². The van der Waals surface area contributed by atoms with Crippen molar-refractivity contribution in [3.05, 3.63) is 29.8 Å². The van der Waals surface area contributed by atoms with Crippen molar-refractivity contribution in [2.45, 2.75) is 52.3 Å². The van der Waals surface area contributed by atoms with E-state index in [4.69, 9.17) is 0 Å². The fraction of sp³-hybridized carbons (Fsp3) is 0.571. The number of hydrogen-bond donors (Lipinski definition) is 1. The first kappa shape index (κ1) is 14.9. The SMILES string of the molecule is CCC(C)(C)NC(C)c1cccc(OC(F)F)c1. The van der Waals surface area contributed by atoms with Crippen molar-refractivity contribution in [1.82, 2.24) is 5.32 Å². The zero-order valence-corrected chi connectivity index (χ0v) is 11.3. The van der Waals surface area contributed by atoms with Gasteiger partial charge >= 0.3 is 6.61 Å². The Hall–Kier alpha value is -1.16. The fourth-order valence-electron chi connectivity index (χ4n) is 1.73. The molecule has 0 spiro atoms. The van der Waals surface area contributed by atoms with Gasteiger partial charge in [0.15, 0.2) is 0 Å². The van der Waals surface area contributed by atoms with Crippen LogP contribution in [-0.2, 0) is 0 Å². The van der Waals surface area contributed by atoms with Gasteiger partial charge in [-0.25, -0.2) is 0 Å². The molecule has 0 aliphatic heterocycles. The summed E-state index contributed by atoms with van der Waals surface area (Å²) < 4.78 is 28.7. The van der Waals surface area contributed by atoms with E-state index < -0.39 is 6.61 Å². The van der Waals surface area contributed by atoms with Crippen molar-refractivity contribution >= 4 is 0 Å². The summed E-state index contributed by atoms with van der Waals surface area (Å²) in [5.74, 6) is 0.199. The highest BCUT2D eigenvalue weighted by atomic mass is 19.3. The molecule has 1 rings (SSSR count). The summed E-state index contributed by atoms with van der Waals surface area (Å²) in [5.41, 5.74) is 0.952. The Morgan fingerprint density at radius 2 is 2.00 bits per heavy atom. The highest BCUT2D eigenvalue weighted by Crippen LogP contribution is 2.23. The van der Waals surface area contributed by atoms with E-state index in [2.05, 4.69) is 30.8 Å². The maximum Gasteiger partial charge on any atom is 0.387 e. The van der Waals surface area contributed by atoms with E-state index >= 15 is 0 Å². The Kier molecular flexibility index (Phi) is 5.08. The third kappa shape index (κ3) is 4.61. The topological polar surface area (TPSA) is 21.3 Å². The normalized spacial score (nSPS) is 13.7. The van der Waals surface area contributed by atoms with Crippen LogP contribution in [0.5, 0.6) is 5.75 Å². The van der Waals surface area contributed by atoms with Gasteiger partial charge in [0.1, 0.15) is 5.75 Å². The molecule has 0 fully saturated rings. The summed E-state index contributed by atoms with van der Waals surface area (Å²) in [6, 6.07) is 6.90. The van der Waals surface area contributed by atoms with Crippen molar-refractivity contribution in [3.8, 4) is 5.75 Å². The van der Waals surface area contributed by atoms with Gasteiger partial charge in [0, 0.05) is 11.6 Å². The number of halogens is 2. The summed E-state index contributed by atoms with van der Waals surface area (Å²) in [6.45, 7) is 5.57. The van der Waals surface area contributed by atoms with E-state index in [1.807, 2.05) is 13.0 Å². The second kappa shape index (κ2) is 6.14. The largest absolute Gasteiger partial charge is 0.435 e. The van der Waals surface area contributed by atoms with Gasteiger partial charge in [0.2, 0.25) is 0 Å². The van der Waals surface area contributed by atoms with Crippen LogP contribution >= 0.6 is 0 Å². The number of rotatable bonds is 6. The van der Waals surface area contributed by atoms with Crippen LogP contribution in [0, 0.1) is 0 Å². The van der Waals surface area contributed by atoms with Crippen molar-refractivity contribution in [1.29, 1.82) is 0 Å². The molecular formula is C14H21F2NO. The average Bonchev–Trinajstić information content (AvgIpc) is 2.28. The molecule has 102 valence electrons. The van der Waals surface area contributed by atoms with Gasteiger partial charge < -0.3 is 10.1 Å². The fourth-order valence-corrected chi connectivity index (χ4v) is 1.73. The summed E-state index contributed by atoms with van der Waals surface area (Å²) in [6.07, 6.45) is 0.991. The predicted molar refractivity (Wildman–Crippen MR) is 69.0 cm³/mol. The maximum absolute atomic E-state index is 12.1. The lowest BCUT2D eigenvalue weighted by Crippen LogP contribution is -2.40. The highest BCUT2D eigenvalue weighted by Gasteiger charge is 2.18. The van der Waals surface area contributed by atoms with Crippen LogP contribution in [0.2, 0.25) is 0 Å². The van der Waals surface area contributed by atoms with Gasteiger partial charge in [-0.1, -0.05) is 19.1 Å². The quantitative estimate of drug-likeness (QED) is 0.827. The van der Waals surface area contributed by atoms with Crippen LogP contribution in [0.3, 0.4) is 0 Å².